The fourth-order valence-corrected chi connectivity index (χ4v) is 3.79. The molecule has 94 valence electrons. The van der Waals surface area contributed by atoms with E-state index < -0.39 is 0 Å². The van der Waals surface area contributed by atoms with Crippen molar-refractivity contribution in [1.82, 2.24) is 5.32 Å². The van der Waals surface area contributed by atoms with Gasteiger partial charge in [-0.3, -0.25) is 0 Å². The van der Waals surface area contributed by atoms with Gasteiger partial charge >= 0.3 is 0 Å². The first kappa shape index (κ1) is 11.9. The first-order chi connectivity index (χ1) is 8.56. The Kier molecular flexibility index (Phi) is 2.76. The van der Waals surface area contributed by atoms with Crippen LogP contribution in [0.4, 0.5) is 4.39 Å². The summed E-state index contributed by atoms with van der Waals surface area (Å²) in [4.78, 5) is 2.64. The molecule has 1 N–H and O–H groups in total. The Hall–Kier alpha value is -1.19. The summed E-state index contributed by atoms with van der Waals surface area (Å²) in [5.74, 6) is -0.179. The summed E-state index contributed by atoms with van der Waals surface area (Å²) < 4.78 is 12.9. The highest BCUT2D eigenvalue weighted by Crippen LogP contribution is 2.39. The van der Waals surface area contributed by atoms with Crippen LogP contribution in [-0.2, 0) is 12.0 Å². The second-order valence-electron chi connectivity index (χ2n) is 5.44. The van der Waals surface area contributed by atoms with Crippen LogP contribution < -0.4 is 5.32 Å². The number of nitrogens with one attached hydrogen (secondary N) is 1. The van der Waals surface area contributed by atoms with Crippen LogP contribution in [0.1, 0.15) is 24.3 Å². The molecule has 1 aromatic heterocycles. The summed E-state index contributed by atoms with van der Waals surface area (Å²) in [5.41, 5.74) is 2.72. The first-order valence-electron chi connectivity index (χ1n) is 6.16. The van der Waals surface area contributed by atoms with E-state index in [0.717, 1.165) is 18.7 Å². The van der Waals surface area contributed by atoms with Crippen molar-refractivity contribution in [2.24, 2.45) is 0 Å². The number of halogens is 1. The number of hydrogen-bond donors (Lipinski definition) is 1. The molecule has 18 heavy (non-hydrogen) atoms. The summed E-state index contributed by atoms with van der Waals surface area (Å²) in [6, 6.07) is 9.03. The highest BCUT2D eigenvalue weighted by Gasteiger charge is 2.29. The second-order valence-corrected chi connectivity index (χ2v) is 6.58. The zero-order valence-electron chi connectivity index (χ0n) is 10.6. The Morgan fingerprint density at radius 1 is 1.22 bits per heavy atom. The molecule has 1 aliphatic heterocycles. The minimum atomic E-state index is -0.179. The third-order valence-corrected chi connectivity index (χ3v) is 4.70. The van der Waals surface area contributed by atoms with Crippen molar-refractivity contribution >= 4 is 11.3 Å². The van der Waals surface area contributed by atoms with E-state index in [1.165, 1.54) is 27.5 Å². The molecule has 0 amide bonds. The Labute approximate surface area is 111 Å². The van der Waals surface area contributed by atoms with Crippen molar-refractivity contribution in [2.75, 3.05) is 6.54 Å². The zero-order chi connectivity index (χ0) is 12.8. The predicted molar refractivity (Wildman–Crippen MR) is 74.4 cm³/mol. The van der Waals surface area contributed by atoms with Crippen LogP contribution in [0.3, 0.4) is 0 Å². The average Bonchev–Trinajstić information content (AvgIpc) is 2.75. The number of hydrogen-bond acceptors (Lipinski definition) is 2. The lowest BCUT2D eigenvalue weighted by Gasteiger charge is -2.30. The molecule has 1 aromatic carbocycles. The molecule has 1 aliphatic rings. The SMILES string of the molecule is CC1(C)CNCc2sc(-c3ccc(F)cc3)cc21. The molecule has 0 saturated heterocycles. The summed E-state index contributed by atoms with van der Waals surface area (Å²) in [6.45, 7) is 6.49. The minimum Gasteiger partial charge on any atom is -0.311 e. The monoisotopic (exact) mass is 261 g/mol. The van der Waals surface area contributed by atoms with Crippen LogP contribution in [0.15, 0.2) is 30.3 Å². The van der Waals surface area contributed by atoms with E-state index in [4.69, 9.17) is 0 Å². The van der Waals surface area contributed by atoms with Crippen LogP contribution in [0.25, 0.3) is 10.4 Å². The number of rotatable bonds is 1. The van der Waals surface area contributed by atoms with E-state index in [9.17, 15) is 4.39 Å². The molecule has 0 atom stereocenters. The van der Waals surface area contributed by atoms with Gasteiger partial charge < -0.3 is 5.32 Å². The van der Waals surface area contributed by atoms with Gasteiger partial charge in [0.25, 0.3) is 0 Å². The molecule has 0 bridgehead atoms. The van der Waals surface area contributed by atoms with Gasteiger partial charge in [-0.15, -0.1) is 11.3 Å². The van der Waals surface area contributed by atoms with Crippen molar-refractivity contribution in [3.8, 4) is 10.4 Å². The molecule has 3 heteroatoms. The molecule has 0 radical (unpaired) electrons. The van der Waals surface area contributed by atoms with E-state index in [2.05, 4.69) is 25.2 Å². The van der Waals surface area contributed by atoms with E-state index in [-0.39, 0.29) is 11.2 Å². The van der Waals surface area contributed by atoms with Gasteiger partial charge in [0.05, 0.1) is 0 Å². The topological polar surface area (TPSA) is 12.0 Å². The van der Waals surface area contributed by atoms with Crippen molar-refractivity contribution in [2.45, 2.75) is 25.8 Å². The molecule has 0 spiro atoms. The predicted octanol–water partition coefficient (Wildman–Crippen LogP) is 3.94. The van der Waals surface area contributed by atoms with Crippen molar-refractivity contribution in [3.05, 3.63) is 46.6 Å². The maximum absolute atomic E-state index is 12.9. The van der Waals surface area contributed by atoms with E-state index in [1.807, 2.05) is 23.5 Å². The molecule has 1 nitrogen and oxygen atoms in total. The third-order valence-electron chi connectivity index (χ3n) is 3.52. The lowest BCUT2D eigenvalue weighted by molar-refractivity contribution is 0.440. The number of fused-ring (bicyclic) bond motifs is 1. The van der Waals surface area contributed by atoms with Gasteiger partial charge in [0.2, 0.25) is 0 Å². The van der Waals surface area contributed by atoms with Gasteiger partial charge in [-0.25, -0.2) is 4.39 Å². The maximum atomic E-state index is 12.9. The molecule has 2 aromatic rings. The second kappa shape index (κ2) is 4.18. The molecular weight excluding hydrogens is 245 g/mol. The number of thiophene rings is 1. The van der Waals surface area contributed by atoms with Gasteiger partial charge in [0.15, 0.2) is 0 Å². The normalized spacial score (nSPS) is 17.5. The maximum Gasteiger partial charge on any atom is 0.123 e. The molecular formula is C15H16FNS. The highest BCUT2D eigenvalue weighted by molar-refractivity contribution is 7.15. The molecule has 2 heterocycles. The Morgan fingerprint density at radius 3 is 2.61 bits per heavy atom. The Balaban J connectivity index is 2.05. The molecule has 3 rings (SSSR count). The first-order valence-corrected chi connectivity index (χ1v) is 6.98. The highest BCUT2D eigenvalue weighted by atomic mass is 32.1. The van der Waals surface area contributed by atoms with Crippen LogP contribution in [0.5, 0.6) is 0 Å². The van der Waals surface area contributed by atoms with Crippen LogP contribution in [-0.4, -0.2) is 6.54 Å². The largest absolute Gasteiger partial charge is 0.311 e. The van der Waals surface area contributed by atoms with Crippen molar-refractivity contribution in [1.29, 1.82) is 0 Å². The average molecular weight is 261 g/mol. The molecule has 0 fully saturated rings. The number of benzene rings is 1. The quantitative estimate of drug-likeness (QED) is 0.820. The van der Waals surface area contributed by atoms with E-state index in [0.29, 0.717) is 0 Å². The van der Waals surface area contributed by atoms with Crippen LogP contribution >= 0.6 is 11.3 Å². The van der Waals surface area contributed by atoms with Crippen molar-refractivity contribution in [3.63, 3.8) is 0 Å². The van der Waals surface area contributed by atoms with Crippen LogP contribution in [0, 0.1) is 5.82 Å². The molecule has 0 unspecified atom stereocenters. The third kappa shape index (κ3) is 1.98. The van der Waals surface area contributed by atoms with Gasteiger partial charge in [-0.2, -0.15) is 0 Å². The summed E-state index contributed by atoms with van der Waals surface area (Å²) in [7, 11) is 0. The van der Waals surface area contributed by atoms with Gasteiger partial charge in [0, 0.05) is 28.3 Å². The van der Waals surface area contributed by atoms with E-state index >= 15 is 0 Å². The lowest BCUT2D eigenvalue weighted by atomic mass is 9.82. The zero-order valence-corrected chi connectivity index (χ0v) is 11.4. The van der Waals surface area contributed by atoms with Gasteiger partial charge in [-0.1, -0.05) is 26.0 Å². The summed E-state index contributed by atoms with van der Waals surface area (Å²) in [6.07, 6.45) is 0. The smallest absolute Gasteiger partial charge is 0.123 e. The summed E-state index contributed by atoms with van der Waals surface area (Å²) in [5, 5.41) is 3.46. The minimum absolute atomic E-state index is 0.179. The van der Waals surface area contributed by atoms with Gasteiger partial charge in [0.1, 0.15) is 5.82 Å². The Bertz CT molecular complexity index is 569. The molecule has 0 saturated carbocycles. The molecule has 0 aliphatic carbocycles. The van der Waals surface area contributed by atoms with Gasteiger partial charge in [-0.05, 0) is 29.3 Å². The fraction of sp³-hybridized carbons (Fsp3) is 0.333. The van der Waals surface area contributed by atoms with Crippen LogP contribution in [0.2, 0.25) is 0 Å². The van der Waals surface area contributed by atoms with E-state index in [1.54, 1.807) is 0 Å². The summed E-state index contributed by atoms with van der Waals surface area (Å²) >= 11 is 1.81. The lowest BCUT2D eigenvalue weighted by Crippen LogP contribution is -2.37. The van der Waals surface area contributed by atoms with Crippen molar-refractivity contribution < 1.29 is 4.39 Å². The standard InChI is InChI=1S/C15H16FNS/c1-15(2)9-17-8-14-12(15)7-13(18-14)10-3-5-11(16)6-4-10/h3-7,17H,8-9H2,1-2H3. The fourth-order valence-electron chi connectivity index (χ4n) is 2.47. The Morgan fingerprint density at radius 2 is 1.94 bits per heavy atom.